The van der Waals surface area contributed by atoms with Gasteiger partial charge in [-0.15, -0.1) is 0 Å². The van der Waals surface area contributed by atoms with Crippen LogP contribution in [0.25, 0.3) is 0 Å². The van der Waals surface area contributed by atoms with E-state index in [1.807, 2.05) is 0 Å². The van der Waals surface area contributed by atoms with Crippen LogP contribution in [0.2, 0.25) is 0 Å². The summed E-state index contributed by atoms with van der Waals surface area (Å²) >= 11 is 0. The van der Waals surface area contributed by atoms with Gasteiger partial charge in [0.15, 0.2) is 6.29 Å². The first-order valence-corrected chi connectivity index (χ1v) is 24.8. The fourth-order valence-electron chi connectivity index (χ4n) is 7.09. The largest absolute Gasteiger partial charge is 0.508 e. The molecule has 0 amide bonds. The van der Waals surface area contributed by atoms with Gasteiger partial charge in [-0.2, -0.15) is 0 Å². The molecule has 0 heterocycles. The van der Waals surface area contributed by atoms with Crippen molar-refractivity contribution in [3.05, 3.63) is 24.3 Å². The van der Waals surface area contributed by atoms with Gasteiger partial charge in [-0.25, -0.2) is 4.79 Å². The highest BCUT2D eigenvalue weighted by atomic mass is 16.7. The predicted molar refractivity (Wildman–Crippen MR) is 246 cm³/mol. The van der Waals surface area contributed by atoms with Gasteiger partial charge < -0.3 is 33.7 Å². The van der Waals surface area contributed by atoms with E-state index < -0.39 is 6.16 Å². The molecule has 0 aromatic heterocycles. The Morgan fingerprint density at radius 2 is 1.00 bits per heavy atom. The molecule has 348 valence electrons. The molecule has 0 fully saturated rings. The summed E-state index contributed by atoms with van der Waals surface area (Å²) in [6, 6.07) is 0. The summed E-state index contributed by atoms with van der Waals surface area (Å²) in [5.74, 6) is 0.250. The predicted octanol–water partition coefficient (Wildman–Crippen LogP) is 13.5. The Hall–Kier alpha value is -1.94. The van der Waals surface area contributed by atoms with E-state index in [1.54, 1.807) is 0 Å². The molecule has 9 nitrogen and oxygen atoms in total. The molecule has 0 saturated heterocycles. The number of carbonyl (C=O) groups is 2. The Morgan fingerprint density at radius 1 is 0.508 bits per heavy atom. The first kappa shape index (κ1) is 57.1. The van der Waals surface area contributed by atoms with Gasteiger partial charge in [0.05, 0.1) is 32.8 Å². The minimum Gasteiger partial charge on any atom is -0.466 e. The second-order valence-corrected chi connectivity index (χ2v) is 16.4. The lowest BCUT2D eigenvalue weighted by Crippen LogP contribution is -2.29. The van der Waals surface area contributed by atoms with Gasteiger partial charge in [0.2, 0.25) is 0 Å². The Bertz CT molecular complexity index is 920. The summed E-state index contributed by atoms with van der Waals surface area (Å²) in [6.07, 6.45) is 38.9. The smallest absolute Gasteiger partial charge is 0.466 e. The molecule has 0 aliphatic heterocycles. The van der Waals surface area contributed by atoms with Crippen LogP contribution in [0.3, 0.4) is 0 Å². The molecule has 9 heteroatoms. The van der Waals surface area contributed by atoms with E-state index in [2.05, 4.69) is 56.9 Å². The second kappa shape index (κ2) is 47.1. The van der Waals surface area contributed by atoms with E-state index in [9.17, 15) is 14.7 Å². The number of carbonyl (C=O) groups excluding carboxylic acids is 2. The SMILES string of the molecule is CC/C=C\CCCCOC(CCC(=O)OCCCCCCN(CCO)CCCCCOC(=O)OCC(CCCCCC)CCCCCCCC)OCCCC/C=C\CC. The number of aliphatic hydroxyl groups excluding tert-OH is 1. The van der Waals surface area contributed by atoms with Crippen LogP contribution in [-0.2, 0) is 28.5 Å². The van der Waals surface area contributed by atoms with Crippen molar-refractivity contribution >= 4 is 12.1 Å². The molecular weight excluding hydrogens is 743 g/mol. The Morgan fingerprint density at radius 3 is 1.58 bits per heavy atom. The molecule has 0 aromatic rings. The lowest BCUT2D eigenvalue weighted by Gasteiger charge is -2.21. The molecule has 0 aliphatic rings. The fourth-order valence-corrected chi connectivity index (χ4v) is 7.09. The van der Waals surface area contributed by atoms with E-state index in [4.69, 9.17) is 23.7 Å². The third-order valence-corrected chi connectivity index (χ3v) is 10.8. The van der Waals surface area contributed by atoms with Gasteiger partial charge in [0, 0.05) is 26.2 Å². The molecule has 0 rings (SSSR count). The van der Waals surface area contributed by atoms with Crippen LogP contribution in [0.4, 0.5) is 4.79 Å². The molecule has 0 aromatic carbocycles. The average molecular weight is 838 g/mol. The van der Waals surface area contributed by atoms with Crippen LogP contribution in [0.5, 0.6) is 0 Å². The highest BCUT2D eigenvalue weighted by molar-refractivity contribution is 5.69. The zero-order valence-electron chi connectivity index (χ0n) is 39.1. The number of ether oxygens (including phenoxy) is 5. The number of unbranched alkanes of at least 4 members (excludes halogenated alkanes) is 17. The maximum atomic E-state index is 12.5. The van der Waals surface area contributed by atoms with Gasteiger partial charge in [-0.05, 0) is 115 Å². The fraction of sp³-hybridized carbons (Fsp3) is 0.880. The van der Waals surface area contributed by atoms with E-state index in [1.165, 1.54) is 64.2 Å². The number of nitrogens with zero attached hydrogens (tertiary/aromatic N) is 1. The van der Waals surface area contributed by atoms with Crippen molar-refractivity contribution in [2.45, 2.75) is 220 Å². The minimum atomic E-state index is -0.527. The first-order chi connectivity index (χ1) is 29.0. The minimum absolute atomic E-state index is 0.146. The average Bonchev–Trinajstić information content (AvgIpc) is 3.23. The van der Waals surface area contributed by atoms with Crippen molar-refractivity contribution < 1.29 is 38.4 Å². The third-order valence-electron chi connectivity index (χ3n) is 10.8. The molecule has 0 radical (unpaired) electrons. The topological polar surface area (TPSA) is 104 Å². The van der Waals surface area contributed by atoms with Crippen molar-refractivity contribution in [3.8, 4) is 0 Å². The lowest BCUT2D eigenvalue weighted by atomic mass is 9.95. The van der Waals surface area contributed by atoms with Crippen LogP contribution < -0.4 is 0 Å². The van der Waals surface area contributed by atoms with Crippen LogP contribution in [0, 0.1) is 5.92 Å². The van der Waals surface area contributed by atoms with Gasteiger partial charge in [-0.3, -0.25) is 4.79 Å². The number of aliphatic hydroxyl groups is 1. The molecule has 1 N–H and O–H groups in total. The monoisotopic (exact) mass is 838 g/mol. The molecule has 0 saturated carbocycles. The summed E-state index contributed by atoms with van der Waals surface area (Å²) in [5.41, 5.74) is 0. The zero-order valence-corrected chi connectivity index (χ0v) is 39.1. The van der Waals surface area contributed by atoms with Gasteiger partial charge in [-0.1, -0.05) is 129 Å². The van der Waals surface area contributed by atoms with E-state index in [0.717, 1.165) is 122 Å². The summed E-state index contributed by atoms with van der Waals surface area (Å²) in [6.45, 7) is 14.0. The van der Waals surface area contributed by atoms with Crippen molar-refractivity contribution in [2.75, 3.05) is 59.3 Å². The lowest BCUT2D eigenvalue weighted by molar-refractivity contribution is -0.159. The van der Waals surface area contributed by atoms with Gasteiger partial charge >= 0.3 is 12.1 Å². The van der Waals surface area contributed by atoms with E-state index >= 15 is 0 Å². The highest BCUT2D eigenvalue weighted by Gasteiger charge is 2.15. The normalized spacial score (nSPS) is 12.4. The molecule has 0 spiro atoms. The van der Waals surface area contributed by atoms with Crippen molar-refractivity contribution in [1.82, 2.24) is 4.90 Å². The van der Waals surface area contributed by atoms with Crippen molar-refractivity contribution in [2.24, 2.45) is 5.92 Å². The third kappa shape index (κ3) is 42.5. The summed E-state index contributed by atoms with van der Waals surface area (Å²) < 4.78 is 28.6. The van der Waals surface area contributed by atoms with E-state index in [-0.39, 0.29) is 18.9 Å². The second-order valence-electron chi connectivity index (χ2n) is 16.4. The Labute approximate surface area is 364 Å². The molecule has 59 heavy (non-hydrogen) atoms. The Balaban J connectivity index is 4.20. The van der Waals surface area contributed by atoms with Crippen LogP contribution in [0.1, 0.15) is 214 Å². The number of esters is 1. The van der Waals surface area contributed by atoms with Gasteiger partial charge in [0.1, 0.15) is 0 Å². The molecular formula is C50H95NO8. The first-order valence-electron chi connectivity index (χ1n) is 24.8. The standard InChI is InChI=1S/C50H95NO8/c1-5-9-13-17-20-27-35-47(34-26-16-12-8-4)46-59-50(54)58-45-33-25-29-39-51(40-41-52)38-28-21-24-30-42-55-48(53)36-37-49(56-43-31-22-18-14-10-6-2)57-44-32-23-19-15-11-7-3/h10-11,14-15,47,49,52H,5-9,12-13,16-46H2,1-4H3/b14-10-,15-11-. The molecule has 1 atom stereocenters. The summed E-state index contributed by atoms with van der Waals surface area (Å²) in [5, 5.41) is 9.59. The van der Waals surface area contributed by atoms with Crippen LogP contribution in [-0.4, -0.2) is 87.7 Å². The van der Waals surface area contributed by atoms with Gasteiger partial charge in [0.25, 0.3) is 0 Å². The maximum Gasteiger partial charge on any atom is 0.508 e. The number of allylic oxidation sites excluding steroid dienone is 4. The molecule has 0 aliphatic carbocycles. The van der Waals surface area contributed by atoms with Crippen LogP contribution in [0.15, 0.2) is 24.3 Å². The van der Waals surface area contributed by atoms with Crippen molar-refractivity contribution in [1.29, 1.82) is 0 Å². The van der Waals surface area contributed by atoms with Crippen LogP contribution >= 0.6 is 0 Å². The summed E-state index contributed by atoms with van der Waals surface area (Å²) in [4.78, 5) is 27.1. The van der Waals surface area contributed by atoms with E-state index in [0.29, 0.717) is 58.3 Å². The highest BCUT2D eigenvalue weighted by Crippen LogP contribution is 2.20. The maximum absolute atomic E-state index is 12.5. The van der Waals surface area contributed by atoms with Crippen molar-refractivity contribution in [3.63, 3.8) is 0 Å². The quantitative estimate of drug-likeness (QED) is 0.0278. The number of hydrogen-bond acceptors (Lipinski definition) is 9. The molecule has 0 bridgehead atoms. The number of hydrogen-bond donors (Lipinski definition) is 1. The Kier molecular flexibility index (Phi) is 45.6. The summed E-state index contributed by atoms with van der Waals surface area (Å²) in [7, 11) is 0. The zero-order chi connectivity index (χ0) is 43.1. The number of rotatable bonds is 46. The molecule has 1 unspecified atom stereocenters.